The molecule has 3 aliphatic heterocycles. The summed E-state index contributed by atoms with van der Waals surface area (Å²) in [6.07, 6.45) is -0.277. The number of aliphatic hydroxyl groups excluding tert-OH is 1. The minimum Gasteiger partial charge on any atom is -0.461 e. The van der Waals surface area contributed by atoms with Crippen molar-refractivity contribution in [3.63, 3.8) is 0 Å². The van der Waals surface area contributed by atoms with Gasteiger partial charge >= 0.3 is 11.9 Å². The van der Waals surface area contributed by atoms with Gasteiger partial charge in [0.15, 0.2) is 5.60 Å². The maximum absolute atomic E-state index is 12.1. The number of carbonyl (C=O) groups is 2. The Morgan fingerprint density at radius 3 is 2.67 bits per heavy atom. The Hall–Kier alpha value is -1.14. The van der Waals surface area contributed by atoms with Crippen molar-refractivity contribution in [3.8, 4) is 0 Å². The van der Waals surface area contributed by atoms with Gasteiger partial charge in [0, 0.05) is 17.3 Å². The molecule has 0 spiro atoms. The van der Waals surface area contributed by atoms with Crippen LogP contribution in [0.15, 0.2) is 0 Å². The van der Waals surface area contributed by atoms with Crippen LogP contribution in [0, 0.1) is 23.2 Å². The van der Waals surface area contributed by atoms with Crippen LogP contribution < -0.4 is 0 Å². The predicted octanol–water partition coefficient (Wildman–Crippen LogP) is 0.00150. The summed E-state index contributed by atoms with van der Waals surface area (Å²) in [7, 11) is 0. The lowest BCUT2D eigenvalue weighted by Crippen LogP contribution is -2.73. The molecular weight excluding hydrogens is 276 g/mol. The van der Waals surface area contributed by atoms with Crippen molar-refractivity contribution in [2.24, 2.45) is 23.2 Å². The van der Waals surface area contributed by atoms with Gasteiger partial charge in [-0.25, -0.2) is 4.79 Å². The first-order valence-electron chi connectivity index (χ1n) is 7.61. The molecule has 8 atom stereocenters. The Morgan fingerprint density at radius 2 is 2.00 bits per heavy atom. The summed E-state index contributed by atoms with van der Waals surface area (Å²) in [5.41, 5.74) is -2.15. The molecule has 6 heteroatoms. The molecule has 3 saturated heterocycles. The third-order valence-electron chi connectivity index (χ3n) is 6.35. The van der Waals surface area contributed by atoms with Gasteiger partial charge in [-0.2, -0.15) is 0 Å². The van der Waals surface area contributed by atoms with Crippen molar-refractivity contribution in [2.75, 3.05) is 0 Å². The van der Waals surface area contributed by atoms with E-state index in [2.05, 4.69) is 0 Å². The lowest BCUT2D eigenvalue weighted by Gasteiger charge is -2.62. The monoisotopic (exact) mass is 296 g/mol. The fraction of sp³-hybridized carbons (Fsp3) is 0.867. The normalized spacial score (nSPS) is 58.3. The number of carbonyl (C=O) groups excluding carboxylic acids is 2. The Labute approximate surface area is 122 Å². The van der Waals surface area contributed by atoms with E-state index < -0.39 is 41.0 Å². The zero-order valence-electron chi connectivity index (χ0n) is 12.1. The number of ether oxygens (including phenoxy) is 2. The van der Waals surface area contributed by atoms with Gasteiger partial charge in [-0.3, -0.25) is 4.79 Å². The van der Waals surface area contributed by atoms with Crippen LogP contribution in [0.2, 0.25) is 0 Å². The van der Waals surface area contributed by atoms with Crippen LogP contribution in [0.5, 0.6) is 0 Å². The van der Waals surface area contributed by atoms with E-state index in [0.717, 1.165) is 0 Å². The third kappa shape index (κ3) is 1.40. The molecular formula is C15H20O6. The van der Waals surface area contributed by atoms with Crippen LogP contribution in [0.25, 0.3) is 0 Å². The molecule has 5 aliphatic rings. The first-order valence-corrected chi connectivity index (χ1v) is 7.61. The maximum atomic E-state index is 12.1. The van der Waals surface area contributed by atoms with Crippen molar-refractivity contribution in [3.05, 3.63) is 0 Å². The molecule has 5 rings (SSSR count). The van der Waals surface area contributed by atoms with Crippen LogP contribution in [0.3, 0.4) is 0 Å². The molecule has 116 valence electrons. The van der Waals surface area contributed by atoms with E-state index >= 15 is 0 Å². The van der Waals surface area contributed by atoms with Gasteiger partial charge in [0.2, 0.25) is 0 Å². The van der Waals surface area contributed by atoms with Gasteiger partial charge in [-0.1, -0.05) is 13.8 Å². The van der Waals surface area contributed by atoms with Crippen molar-refractivity contribution < 1.29 is 29.3 Å². The van der Waals surface area contributed by atoms with Gasteiger partial charge in [-0.15, -0.1) is 0 Å². The first-order chi connectivity index (χ1) is 9.79. The van der Waals surface area contributed by atoms with Crippen LogP contribution in [-0.4, -0.2) is 46.1 Å². The zero-order valence-corrected chi connectivity index (χ0v) is 12.1. The summed E-state index contributed by atoms with van der Waals surface area (Å²) in [6.45, 7) is 3.66. The van der Waals surface area contributed by atoms with E-state index in [1.54, 1.807) is 6.92 Å². The second-order valence-corrected chi connectivity index (χ2v) is 7.38. The third-order valence-corrected chi connectivity index (χ3v) is 6.35. The maximum Gasteiger partial charge on any atom is 0.338 e. The van der Waals surface area contributed by atoms with Gasteiger partial charge in [0.05, 0.1) is 12.0 Å². The van der Waals surface area contributed by atoms with E-state index in [1.807, 2.05) is 6.92 Å². The second kappa shape index (κ2) is 3.79. The van der Waals surface area contributed by atoms with Crippen molar-refractivity contribution >= 4 is 11.9 Å². The van der Waals surface area contributed by atoms with E-state index in [4.69, 9.17) is 9.47 Å². The minimum atomic E-state index is -1.60. The molecule has 6 nitrogen and oxygen atoms in total. The summed E-state index contributed by atoms with van der Waals surface area (Å²) in [5.74, 6) is -2.22. The fourth-order valence-corrected chi connectivity index (χ4v) is 5.33. The molecule has 0 amide bonds. The zero-order chi connectivity index (χ0) is 15.2. The van der Waals surface area contributed by atoms with Crippen LogP contribution in [-0.2, 0) is 19.1 Å². The second-order valence-electron chi connectivity index (χ2n) is 7.38. The van der Waals surface area contributed by atoms with Gasteiger partial charge < -0.3 is 19.7 Å². The molecule has 0 radical (unpaired) electrons. The molecule has 0 aromatic rings. The predicted molar refractivity (Wildman–Crippen MR) is 68.8 cm³/mol. The highest BCUT2D eigenvalue weighted by Crippen LogP contribution is 2.62. The summed E-state index contributed by atoms with van der Waals surface area (Å²) in [4.78, 5) is 24.1. The molecule has 2 N–H and O–H groups in total. The van der Waals surface area contributed by atoms with Crippen LogP contribution >= 0.6 is 0 Å². The van der Waals surface area contributed by atoms with E-state index in [0.29, 0.717) is 19.3 Å². The average molecular weight is 296 g/mol. The van der Waals surface area contributed by atoms with E-state index in [1.165, 1.54) is 0 Å². The SMILES string of the molecule is C[C@@H]1C(=O)O[C@@H]2C3[C@]4(O)CC[C@@H](OC4=O)[C@]3(C)C[C@H](O)[C@@H]12. The quantitative estimate of drug-likeness (QED) is 0.611. The molecule has 2 aliphatic carbocycles. The van der Waals surface area contributed by atoms with E-state index in [9.17, 15) is 19.8 Å². The van der Waals surface area contributed by atoms with E-state index in [-0.39, 0.29) is 18.0 Å². The fourth-order valence-electron chi connectivity index (χ4n) is 5.33. The lowest BCUT2D eigenvalue weighted by molar-refractivity contribution is -0.282. The van der Waals surface area contributed by atoms with Gasteiger partial charge in [0.1, 0.15) is 12.2 Å². The number of hydrogen-bond donors (Lipinski definition) is 2. The molecule has 0 aromatic carbocycles. The van der Waals surface area contributed by atoms with Crippen LogP contribution in [0.1, 0.15) is 33.1 Å². The molecule has 5 fully saturated rings. The Kier molecular flexibility index (Phi) is 2.44. The number of hydrogen-bond acceptors (Lipinski definition) is 6. The topological polar surface area (TPSA) is 93.1 Å². The highest BCUT2D eigenvalue weighted by molar-refractivity contribution is 5.83. The lowest BCUT2D eigenvalue weighted by atomic mass is 9.48. The highest BCUT2D eigenvalue weighted by atomic mass is 16.6. The van der Waals surface area contributed by atoms with Crippen molar-refractivity contribution in [1.82, 2.24) is 0 Å². The summed E-state index contributed by atoms with van der Waals surface area (Å²) < 4.78 is 10.9. The average Bonchev–Trinajstić information content (AvgIpc) is 2.68. The highest BCUT2D eigenvalue weighted by Gasteiger charge is 2.73. The minimum absolute atomic E-state index is 0.325. The largest absolute Gasteiger partial charge is 0.461 e. The number of fused-ring (bicyclic) bond motifs is 3. The standard InChI is InChI=1S/C15H20O6/c1-6-9-7(16)5-14(2)8-3-4-15(19,13(18)20-8)11(14)10(9)21-12(6)17/h6-11,16,19H,3-5H2,1-2H3/t6-,7-,8+,9+,10-,11?,14-,15+/m0/s1. The summed E-state index contributed by atoms with van der Waals surface area (Å²) in [5, 5.41) is 21.4. The Balaban J connectivity index is 1.84. The Bertz CT molecular complexity index is 532. The van der Waals surface area contributed by atoms with Crippen LogP contribution in [0.4, 0.5) is 0 Å². The molecule has 0 aromatic heterocycles. The first kappa shape index (κ1) is 13.5. The molecule has 1 unspecified atom stereocenters. The van der Waals surface area contributed by atoms with Crippen molar-refractivity contribution in [2.45, 2.75) is 57.0 Å². The summed E-state index contributed by atoms with van der Waals surface area (Å²) in [6, 6.07) is 0. The molecule has 2 saturated carbocycles. The number of rotatable bonds is 0. The van der Waals surface area contributed by atoms with Crippen molar-refractivity contribution in [1.29, 1.82) is 0 Å². The smallest absolute Gasteiger partial charge is 0.338 e. The number of aliphatic hydroxyl groups is 2. The molecule has 2 bridgehead atoms. The number of esters is 2. The Morgan fingerprint density at radius 1 is 1.29 bits per heavy atom. The van der Waals surface area contributed by atoms with Gasteiger partial charge in [-0.05, 0) is 19.3 Å². The summed E-state index contributed by atoms with van der Waals surface area (Å²) >= 11 is 0. The van der Waals surface area contributed by atoms with Gasteiger partial charge in [0.25, 0.3) is 0 Å². The molecule has 3 heterocycles. The molecule has 21 heavy (non-hydrogen) atoms.